The van der Waals surface area contributed by atoms with Crippen LogP contribution in [-0.4, -0.2) is 24.4 Å². The fourth-order valence-electron chi connectivity index (χ4n) is 2.32. The molecule has 2 aliphatic heterocycles. The van der Waals surface area contributed by atoms with E-state index < -0.39 is 35.5 Å². The Bertz CT molecular complexity index is 627. The molecule has 0 bridgehead atoms. The number of anilines is 1. The van der Waals surface area contributed by atoms with E-state index in [-0.39, 0.29) is 12.2 Å². The number of carbonyl (C=O) groups is 2. The molecular weight excluding hydrogens is 275 g/mol. The minimum absolute atomic E-state index is 0.0839. The Morgan fingerprint density at radius 2 is 1.95 bits per heavy atom. The molecule has 8 heteroatoms. The van der Waals surface area contributed by atoms with Crippen molar-refractivity contribution in [3.05, 3.63) is 29.8 Å². The third kappa shape index (κ3) is 1.79. The molecule has 1 aromatic rings. The number of fused-ring (bicyclic) bond motifs is 1. The summed E-state index contributed by atoms with van der Waals surface area (Å²) in [6.07, 6.45) is -4.53. The monoisotopic (exact) mass is 283 g/mol. The molecule has 1 aromatic carbocycles. The van der Waals surface area contributed by atoms with Crippen LogP contribution in [0.3, 0.4) is 0 Å². The lowest BCUT2D eigenvalue weighted by Gasteiger charge is -2.16. The molecule has 1 fully saturated rings. The Labute approximate surface area is 111 Å². The zero-order valence-corrected chi connectivity index (χ0v) is 9.96. The number of rotatable bonds is 1. The van der Waals surface area contributed by atoms with E-state index in [1.807, 2.05) is 0 Å². The summed E-state index contributed by atoms with van der Waals surface area (Å²) < 4.78 is 38.0. The predicted octanol–water partition coefficient (Wildman–Crippen LogP) is 2.03. The summed E-state index contributed by atoms with van der Waals surface area (Å²) in [4.78, 5) is 24.9. The largest absolute Gasteiger partial charge is 0.416 e. The number of hydrogen-bond donors (Lipinski definition) is 0. The SMILES string of the molecule is O=C1[C@H]2CN=N[C@H]2C(=O)N1c1cccc(C(F)(F)F)c1. The maximum atomic E-state index is 12.7. The quantitative estimate of drug-likeness (QED) is 0.740. The standard InChI is InChI=1S/C12H8F3N3O2/c13-12(14,15)6-2-1-3-7(4-6)18-10(19)8-5-16-17-9(8)11(18)20/h1-4,8-9H,5H2/t8-,9+/m0/s1. The maximum Gasteiger partial charge on any atom is 0.416 e. The number of carbonyl (C=O) groups excluding carboxylic acids is 2. The Kier molecular flexibility index (Phi) is 2.63. The fourth-order valence-corrected chi connectivity index (χ4v) is 2.32. The first-order valence-corrected chi connectivity index (χ1v) is 5.81. The van der Waals surface area contributed by atoms with Crippen LogP contribution in [0.15, 0.2) is 34.5 Å². The summed E-state index contributed by atoms with van der Waals surface area (Å²) in [5.41, 5.74) is -0.992. The molecule has 0 unspecified atom stereocenters. The lowest BCUT2D eigenvalue weighted by molar-refractivity contribution is -0.137. The van der Waals surface area contributed by atoms with Crippen LogP contribution < -0.4 is 4.90 Å². The lowest BCUT2D eigenvalue weighted by Crippen LogP contribution is -2.32. The van der Waals surface area contributed by atoms with Crippen LogP contribution in [0.5, 0.6) is 0 Å². The second-order valence-corrected chi connectivity index (χ2v) is 4.55. The van der Waals surface area contributed by atoms with Gasteiger partial charge in [0.15, 0.2) is 6.04 Å². The van der Waals surface area contributed by atoms with E-state index in [0.29, 0.717) is 0 Å². The Balaban J connectivity index is 2.00. The first kappa shape index (κ1) is 12.8. The third-order valence-corrected chi connectivity index (χ3v) is 3.31. The highest BCUT2D eigenvalue weighted by atomic mass is 19.4. The van der Waals surface area contributed by atoms with Gasteiger partial charge in [-0.05, 0) is 18.2 Å². The van der Waals surface area contributed by atoms with E-state index in [9.17, 15) is 22.8 Å². The molecule has 0 spiro atoms. The van der Waals surface area contributed by atoms with Gasteiger partial charge in [0.1, 0.15) is 0 Å². The minimum atomic E-state index is -4.53. The smallest absolute Gasteiger partial charge is 0.274 e. The van der Waals surface area contributed by atoms with Crippen LogP contribution in [0.25, 0.3) is 0 Å². The summed E-state index contributed by atoms with van der Waals surface area (Å²) in [5.74, 6) is -1.86. The summed E-state index contributed by atoms with van der Waals surface area (Å²) in [6, 6.07) is 3.23. The Morgan fingerprint density at radius 3 is 2.60 bits per heavy atom. The molecular formula is C12H8F3N3O2. The van der Waals surface area contributed by atoms with E-state index in [2.05, 4.69) is 10.2 Å². The van der Waals surface area contributed by atoms with Crippen molar-refractivity contribution in [2.75, 3.05) is 11.4 Å². The summed E-state index contributed by atoms with van der Waals surface area (Å²) in [7, 11) is 0. The van der Waals surface area contributed by atoms with E-state index in [4.69, 9.17) is 0 Å². The Hall–Kier alpha value is -2.25. The maximum absolute atomic E-state index is 12.7. The van der Waals surface area contributed by atoms with Crippen molar-refractivity contribution in [1.29, 1.82) is 0 Å². The average molecular weight is 283 g/mol. The van der Waals surface area contributed by atoms with Gasteiger partial charge in [0.2, 0.25) is 5.91 Å². The molecule has 0 aliphatic carbocycles. The van der Waals surface area contributed by atoms with E-state index >= 15 is 0 Å². The topological polar surface area (TPSA) is 62.1 Å². The van der Waals surface area contributed by atoms with Crippen molar-refractivity contribution >= 4 is 17.5 Å². The normalized spacial score (nSPS) is 25.4. The van der Waals surface area contributed by atoms with Crippen molar-refractivity contribution in [3.8, 4) is 0 Å². The molecule has 0 N–H and O–H groups in total. The van der Waals surface area contributed by atoms with Crippen LogP contribution in [0.1, 0.15) is 5.56 Å². The van der Waals surface area contributed by atoms with Gasteiger partial charge in [-0.15, -0.1) is 0 Å². The number of hydrogen-bond acceptors (Lipinski definition) is 4. The molecule has 20 heavy (non-hydrogen) atoms. The van der Waals surface area contributed by atoms with Gasteiger partial charge in [-0.3, -0.25) is 9.59 Å². The van der Waals surface area contributed by atoms with E-state index in [1.54, 1.807) is 0 Å². The van der Waals surface area contributed by atoms with E-state index in [0.717, 1.165) is 23.1 Å². The zero-order valence-electron chi connectivity index (χ0n) is 9.96. The van der Waals surface area contributed by atoms with Crippen molar-refractivity contribution in [1.82, 2.24) is 0 Å². The fraction of sp³-hybridized carbons (Fsp3) is 0.333. The van der Waals surface area contributed by atoms with Gasteiger partial charge in [0, 0.05) is 0 Å². The summed E-state index contributed by atoms with van der Waals surface area (Å²) in [5, 5.41) is 7.30. The van der Waals surface area contributed by atoms with Gasteiger partial charge in [0.25, 0.3) is 5.91 Å². The van der Waals surface area contributed by atoms with Gasteiger partial charge in [0.05, 0.1) is 23.7 Å². The number of imide groups is 1. The lowest BCUT2D eigenvalue weighted by atomic mass is 10.1. The summed E-state index contributed by atoms with van der Waals surface area (Å²) >= 11 is 0. The van der Waals surface area contributed by atoms with Crippen LogP contribution >= 0.6 is 0 Å². The van der Waals surface area contributed by atoms with Crippen LogP contribution in [-0.2, 0) is 15.8 Å². The van der Waals surface area contributed by atoms with Crippen molar-refractivity contribution in [2.45, 2.75) is 12.2 Å². The van der Waals surface area contributed by atoms with Crippen LogP contribution in [0.2, 0.25) is 0 Å². The molecule has 0 radical (unpaired) electrons. The molecule has 0 aromatic heterocycles. The second kappa shape index (κ2) is 4.12. The molecule has 2 heterocycles. The molecule has 2 atom stereocenters. The zero-order chi connectivity index (χ0) is 14.5. The van der Waals surface area contributed by atoms with Crippen LogP contribution in [0.4, 0.5) is 18.9 Å². The predicted molar refractivity (Wildman–Crippen MR) is 60.9 cm³/mol. The molecule has 1 saturated heterocycles. The highest BCUT2D eigenvalue weighted by molar-refractivity contribution is 6.23. The van der Waals surface area contributed by atoms with E-state index in [1.165, 1.54) is 6.07 Å². The molecule has 5 nitrogen and oxygen atoms in total. The number of amides is 2. The number of halogens is 3. The van der Waals surface area contributed by atoms with Gasteiger partial charge in [-0.25, -0.2) is 4.90 Å². The van der Waals surface area contributed by atoms with Crippen LogP contribution in [0, 0.1) is 5.92 Å². The molecule has 0 saturated carbocycles. The van der Waals surface area contributed by atoms with Gasteiger partial charge >= 0.3 is 6.18 Å². The number of alkyl halides is 3. The first-order chi connectivity index (χ1) is 9.39. The number of nitrogens with zero attached hydrogens (tertiary/aromatic N) is 3. The molecule has 104 valence electrons. The van der Waals surface area contributed by atoms with Gasteiger partial charge < -0.3 is 0 Å². The number of benzene rings is 1. The number of azo groups is 1. The molecule has 3 rings (SSSR count). The molecule has 2 aliphatic rings. The van der Waals surface area contributed by atoms with Crippen molar-refractivity contribution in [3.63, 3.8) is 0 Å². The third-order valence-electron chi connectivity index (χ3n) is 3.31. The van der Waals surface area contributed by atoms with Crippen molar-refractivity contribution in [2.24, 2.45) is 16.1 Å². The summed E-state index contributed by atoms with van der Waals surface area (Å²) in [6.45, 7) is 0.102. The molecule has 2 amide bonds. The highest BCUT2D eigenvalue weighted by Crippen LogP contribution is 2.35. The van der Waals surface area contributed by atoms with Gasteiger partial charge in [-0.2, -0.15) is 23.4 Å². The van der Waals surface area contributed by atoms with Crippen molar-refractivity contribution < 1.29 is 22.8 Å². The average Bonchev–Trinajstić information content (AvgIpc) is 2.94. The van der Waals surface area contributed by atoms with Gasteiger partial charge in [-0.1, -0.05) is 6.07 Å². The highest BCUT2D eigenvalue weighted by Gasteiger charge is 2.51. The first-order valence-electron chi connectivity index (χ1n) is 5.81. The Morgan fingerprint density at radius 1 is 1.20 bits per heavy atom. The minimum Gasteiger partial charge on any atom is -0.274 e. The second-order valence-electron chi connectivity index (χ2n) is 4.55.